The van der Waals surface area contributed by atoms with E-state index >= 15 is 0 Å². The van der Waals surface area contributed by atoms with Crippen molar-refractivity contribution in [3.8, 4) is 17.6 Å². The zero-order valence-corrected chi connectivity index (χ0v) is 20.3. The van der Waals surface area contributed by atoms with Crippen LogP contribution in [0.5, 0.6) is 11.5 Å². The summed E-state index contributed by atoms with van der Waals surface area (Å²) in [6, 6.07) is 23.0. The molecule has 3 aromatic rings. The monoisotopic (exact) mass is 504 g/mol. The number of hydrogen-bond acceptors (Lipinski definition) is 4. The molecule has 0 bridgehead atoms. The van der Waals surface area contributed by atoms with Gasteiger partial charge in [-0.25, -0.2) is 0 Å². The lowest BCUT2D eigenvalue weighted by Crippen LogP contribution is -2.27. The van der Waals surface area contributed by atoms with Crippen molar-refractivity contribution in [2.75, 3.05) is 7.11 Å². The highest BCUT2D eigenvalue weighted by atomic mass is 79.9. The lowest BCUT2D eigenvalue weighted by molar-refractivity contribution is -0.117. The number of methoxy groups -OCH3 is 1. The van der Waals surface area contributed by atoms with Crippen molar-refractivity contribution in [3.63, 3.8) is 0 Å². The number of benzene rings is 3. The van der Waals surface area contributed by atoms with Crippen LogP contribution in [0.4, 0.5) is 0 Å². The summed E-state index contributed by atoms with van der Waals surface area (Å²) in [7, 11) is 1.55. The second-order valence-electron chi connectivity index (χ2n) is 7.58. The van der Waals surface area contributed by atoms with Crippen molar-refractivity contribution < 1.29 is 14.3 Å². The maximum atomic E-state index is 12.7. The van der Waals surface area contributed by atoms with E-state index in [2.05, 4.69) is 21.2 Å². The van der Waals surface area contributed by atoms with E-state index in [1.807, 2.05) is 74.5 Å². The molecule has 0 spiro atoms. The van der Waals surface area contributed by atoms with Crippen LogP contribution in [0, 0.1) is 18.3 Å². The Labute approximate surface area is 202 Å². The molecule has 3 aromatic carbocycles. The molecule has 0 aliphatic heterocycles. The number of nitriles is 1. The molecule has 0 aliphatic rings. The van der Waals surface area contributed by atoms with Gasteiger partial charge in [0.25, 0.3) is 5.91 Å². The molecule has 0 saturated carbocycles. The van der Waals surface area contributed by atoms with Crippen LogP contribution in [-0.4, -0.2) is 13.0 Å². The number of halogens is 1. The normalized spacial score (nSPS) is 11.9. The van der Waals surface area contributed by atoms with Gasteiger partial charge in [-0.05, 0) is 64.7 Å². The fourth-order valence-electron chi connectivity index (χ4n) is 3.22. The van der Waals surface area contributed by atoms with E-state index in [0.717, 1.165) is 11.1 Å². The quantitative estimate of drug-likeness (QED) is 0.295. The smallest absolute Gasteiger partial charge is 0.262 e. The number of carbonyl (C=O) groups excluding carboxylic acids is 1. The van der Waals surface area contributed by atoms with E-state index < -0.39 is 5.91 Å². The Kier molecular flexibility index (Phi) is 8.28. The van der Waals surface area contributed by atoms with Crippen molar-refractivity contribution in [1.29, 1.82) is 5.26 Å². The van der Waals surface area contributed by atoms with Gasteiger partial charge in [0.15, 0.2) is 11.5 Å². The summed E-state index contributed by atoms with van der Waals surface area (Å²) in [5, 5.41) is 12.4. The number of nitrogens with one attached hydrogen (secondary N) is 1. The van der Waals surface area contributed by atoms with Gasteiger partial charge in [-0.15, -0.1) is 0 Å². The lowest BCUT2D eigenvalue weighted by Gasteiger charge is -2.15. The van der Waals surface area contributed by atoms with Gasteiger partial charge in [0.2, 0.25) is 0 Å². The van der Waals surface area contributed by atoms with Crippen molar-refractivity contribution in [1.82, 2.24) is 5.32 Å². The summed E-state index contributed by atoms with van der Waals surface area (Å²) < 4.78 is 12.2. The molecule has 33 heavy (non-hydrogen) atoms. The van der Waals surface area contributed by atoms with E-state index in [1.165, 1.54) is 11.6 Å². The number of rotatable bonds is 8. The molecule has 1 amide bonds. The third-order valence-electron chi connectivity index (χ3n) is 5.08. The Morgan fingerprint density at radius 2 is 1.85 bits per heavy atom. The van der Waals surface area contributed by atoms with Crippen molar-refractivity contribution in [2.24, 2.45) is 0 Å². The first kappa shape index (κ1) is 24.1. The molecule has 168 valence electrons. The Hall–Kier alpha value is -3.56. The van der Waals surface area contributed by atoms with Crippen molar-refractivity contribution in [2.45, 2.75) is 26.5 Å². The summed E-state index contributed by atoms with van der Waals surface area (Å²) in [5.74, 6) is 0.609. The Morgan fingerprint density at radius 1 is 1.15 bits per heavy atom. The minimum atomic E-state index is -0.441. The van der Waals surface area contributed by atoms with Crippen LogP contribution >= 0.6 is 15.9 Å². The zero-order chi connectivity index (χ0) is 23.8. The fraction of sp³-hybridized carbons (Fsp3) is 0.185. The van der Waals surface area contributed by atoms with Crippen LogP contribution < -0.4 is 14.8 Å². The fourth-order valence-corrected chi connectivity index (χ4v) is 3.79. The molecule has 0 heterocycles. The van der Waals surface area contributed by atoms with Crippen LogP contribution in [0.1, 0.15) is 35.2 Å². The highest BCUT2D eigenvalue weighted by Crippen LogP contribution is 2.37. The second kappa shape index (κ2) is 11.3. The Balaban J connectivity index is 1.78. The maximum Gasteiger partial charge on any atom is 0.262 e. The number of nitrogens with zero attached hydrogens (tertiary/aromatic N) is 1. The number of hydrogen-bond donors (Lipinski definition) is 1. The van der Waals surface area contributed by atoms with Gasteiger partial charge in [0, 0.05) is 0 Å². The average molecular weight is 505 g/mol. The molecule has 0 unspecified atom stereocenters. The highest BCUT2D eigenvalue weighted by Gasteiger charge is 2.16. The second-order valence-corrected chi connectivity index (χ2v) is 8.44. The highest BCUT2D eigenvalue weighted by molar-refractivity contribution is 9.10. The minimum Gasteiger partial charge on any atom is -0.493 e. The molecule has 0 radical (unpaired) electrons. The molecule has 0 fully saturated rings. The first-order valence-electron chi connectivity index (χ1n) is 10.4. The molecule has 0 aromatic heterocycles. The molecular weight excluding hydrogens is 480 g/mol. The van der Waals surface area contributed by atoms with E-state index in [9.17, 15) is 10.1 Å². The van der Waals surface area contributed by atoms with Crippen LogP contribution in [0.25, 0.3) is 6.08 Å². The van der Waals surface area contributed by atoms with Gasteiger partial charge in [0.1, 0.15) is 18.2 Å². The predicted octanol–water partition coefficient (Wildman–Crippen LogP) is 6.13. The summed E-state index contributed by atoms with van der Waals surface area (Å²) >= 11 is 3.53. The van der Waals surface area contributed by atoms with E-state index in [4.69, 9.17) is 9.47 Å². The number of amides is 1. The maximum absolute atomic E-state index is 12.7. The largest absolute Gasteiger partial charge is 0.493 e. The molecule has 0 saturated heterocycles. The van der Waals surface area contributed by atoms with Gasteiger partial charge < -0.3 is 14.8 Å². The SMILES string of the molecule is COc1cc(/C=C(/C#N)C(=O)N[C@@H](C)c2ccccc2)cc(Br)c1OCc1ccc(C)cc1. The van der Waals surface area contributed by atoms with Gasteiger partial charge in [-0.2, -0.15) is 5.26 Å². The number of carbonyl (C=O) groups is 1. The molecule has 3 rings (SSSR count). The standard InChI is InChI=1S/C27H25BrN2O3/c1-18-9-11-20(12-10-18)17-33-26-24(28)14-21(15-25(26)32-3)13-23(16-29)27(31)30-19(2)22-7-5-4-6-8-22/h4-15,19H,17H2,1-3H3,(H,30,31)/b23-13-/t19-/m0/s1. The Bertz CT molecular complexity index is 1180. The van der Waals surface area contributed by atoms with Gasteiger partial charge in [-0.3, -0.25) is 4.79 Å². The summed E-state index contributed by atoms with van der Waals surface area (Å²) in [4.78, 5) is 12.7. The topological polar surface area (TPSA) is 71.3 Å². The van der Waals surface area contributed by atoms with Crippen LogP contribution in [0.3, 0.4) is 0 Å². The number of aryl methyl sites for hydroxylation is 1. The molecule has 1 atom stereocenters. The first-order chi connectivity index (χ1) is 15.9. The van der Waals surface area contributed by atoms with Crippen molar-refractivity contribution in [3.05, 3.63) is 99.0 Å². The van der Waals surface area contributed by atoms with Crippen LogP contribution in [-0.2, 0) is 11.4 Å². The first-order valence-corrected chi connectivity index (χ1v) is 11.2. The van der Waals surface area contributed by atoms with E-state index in [0.29, 0.717) is 28.1 Å². The van der Waals surface area contributed by atoms with Crippen LogP contribution in [0.15, 0.2) is 76.8 Å². The van der Waals surface area contributed by atoms with Gasteiger partial charge in [-0.1, -0.05) is 60.2 Å². The lowest BCUT2D eigenvalue weighted by atomic mass is 10.1. The van der Waals surface area contributed by atoms with E-state index in [-0.39, 0.29) is 11.6 Å². The van der Waals surface area contributed by atoms with Crippen molar-refractivity contribution >= 4 is 27.9 Å². The molecule has 5 nitrogen and oxygen atoms in total. The number of ether oxygens (including phenoxy) is 2. The van der Waals surface area contributed by atoms with Crippen LogP contribution in [0.2, 0.25) is 0 Å². The third kappa shape index (κ3) is 6.47. The van der Waals surface area contributed by atoms with Gasteiger partial charge in [0.05, 0.1) is 17.6 Å². The van der Waals surface area contributed by atoms with E-state index in [1.54, 1.807) is 19.2 Å². The summed E-state index contributed by atoms with van der Waals surface area (Å²) in [6.45, 7) is 4.30. The minimum absolute atomic E-state index is 0.0000536. The summed E-state index contributed by atoms with van der Waals surface area (Å²) in [5.41, 5.74) is 3.82. The molecule has 6 heteroatoms. The average Bonchev–Trinajstić information content (AvgIpc) is 2.83. The zero-order valence-electron chi connectivity index (χ0n) is 18.8. The predicted molar refractivity (Wildman–Crippen MR) is 133 cm³/mol. The Morgan fingerprint density at radius 3 is 2.48 bits per heavy atom. The molecular formula is C27H25BrN2O3. The third-order valence-corrected chi connectivity index (χ3v) is 5.67. The van der Waals surface area contributed by atoms with Gasteiger partial charge >= 0.3 is 0 Å². The molecule has 0 aliphatic carbocycles. The molecule has 1 N–H and O–H groups in total. The summed E-state index contributed by atoms with van der Waals surface area (Å²) in [6.07, 6.45) is 1.53.